The van der Waals surface area contributed by atoms with E-state index in [1.54, 1.807) is 0 Å². The fourth-order valence-electron chi connectivity index (χ4n) is 3.14. The quantitative estimate of drug-likeness (QED) is 0.247. The van der Waals surface area contributed by atoms with E-state index in [0.29, 0.717) is 6.61 Å². The minimum Gasteiger partial charge on any atom is -0.494 e. The van der Waals surface area contributed by atoms with Gasteiger partial charge in [-0.25, -0.2) is 9.97 Å². The van der Waals surface area contributed by atoms with Crippen LogP contribution in [0.2, 0.25) is 0 Å². The first-order valence-electron chi connectivity index (χ1n) is 10.9. The lowest BCUT2D eigenvalue weighted by Crippen LogP contribution is -2.03. The molecule has 0 N–H and O–H groups in total. The van der Waals surface area contributed by atoms with E-state index in [1.165, 1.54) is 56.9 Å². The van der Waals surface area contributed by atoms with Gasteiger partial charge in [0.25, 0.3) is 0 Å². The van der Waals surface area contributed by atoms with E-state index < -0.39 is 0 Å². The van der Waals surface area contributed by atoms with Gasteiger partial charge in [0.05, 0.1) is 6.61 Å². The Balaban J connectivity index is 1.70. The molecule has 154 valence electrons. The minimum atomic E-state index is 0.136. The third kappa shape index (κ3) is 9.05. The summed E-state index contributed by atoms with van der Waals surface area (Å²) in [6.45, 7) is 4.87. The summed E-state index contributed by atoms with van der Waals surface area (Å²) in [6, 6.07) is 7.94. The van der Waals surface area contributed by atoms with E-state index in [4.69, 9.17) is 16.3 Å². The lowest BCUT2D eigenvalue weighted by molar-refractivity contribution is 0.310. The van der Waals surface area contributed by atoms with Crippen LogP contribution in [-0.2, 0) is 6.42 Å². The van der Waals surface area contributed by atoms with Gasteiger partial charge in [-0.2, -0.15) is 0 Å². The Kier molecular flexibility index (Phi) is 11.0. The van der Waals surface area contributed by atoms with Crippen LogP contribution in [0.4, 0.5) is 0 Å². The highest BCUT2D eigenvalue weighted by atomic mass is 35.5. The molecule has 1 aromatic heterocycles. The maximum Gasteiger partial charge on any atom is 0.159 e. The summed E-state index contributed by atoms with van der Waals surface area (Å²) in [4.78, 5) is 9.09. The molecule has 0 fully saturated rings. The molecule has 4 heteroatoms. The van der Waals surface area contributed by atoms with Crippen LogP contribution in [0.1, 0.15) is 77.2 Å². The van der Waals surface area contributed by atoms with Crippen LogP contribution < -0.4 is 4.74 Å². The topological polar surface area (TPSA) is 35.0 Å². The van der Waals surface area contributed by atoms with Crippen molar-refractivity contribution in [1.29, 1.82) is 0 Å². The summed E-state index contributed by atoms with van der Waals surface area (Å²) in [5.74, 6) is 1.62. The Labute approximate surface area is 175 Å². The smallest absolute Gasteiger partial charge is 0.159 e. The van der Waals surface area contributed by atoms with Gasteiger partial charge >= 0.3 is 0 Å². The van der Waals surface area contributed by atoms with Crippen molar-refractivity contribution < 1.29 is 4.74 Å². The van der Waals surface area contributed by atoms with Crippen molar-refractivity contribution >= 4 is 11.6 Å². The highest BCUT2D eigenvalue weighted by Crippen LogP contribution is 2.20. The van der Waals surface area contributed by atoms with Gasteiger partial charge < -0.3 is 4.74 Å². The second-order valence-electron chi connectivity index (χ2n) is 7.58. The number of unbranched alkanes of at least 4 members (excludes halogenated alkanes) is 7. The lowest BCUT2D eigenvalue weighted by atomic mass is 10.1. The van der Waals surface area contributed by atoms with Gasteiger partial charge in [0.1, 0.15) is 5.75 Å². The zero-order chi connectivity index (χ0) is 20.0. The molecule has 3 nitrogen and oxygen atoms in total. The molecule has 2 rings (SSSR count). The molecule has 1 unspecified atom stereocenters. The van der Waals surface area contributed by atoms with E-state index in [2.05, 4.69) is 16.9 Å². The molecule has 1 atom stereocenters. The number of halogens is 1. The van der Waals surface area contributed by atoms with Gasteiger partial charge in [-0.05, 0) is 56.0 Å². The van der Waals surface area contributed by atoms with E-state index in [0.717, 1.165) is 30.0 Å². The van der Waals surface area contributed by atoms with Crippen molar-refractivity contribution in [3.63, 3.8) is 0 Å². The van der Waals surface area contributed by atoms with Gasteiger partial charge in [0.15, 0.2) is 5.82 Å². The number of alkyl halides is 1. The first-order valence-corrected chi connectivity index (χ1v) is 11.3. The molecular formula is C24H35ClN2O. The Morgan fingerprint density at radius 3 is 2.11 bits per heavy atom. The van der Waals surface area contributed by atoms with Crippen LogP contribution in [-0.4, -0.2) is 22.0 Å². The highest BCUT2D eigenvalue weighted by molar-refractivity contribution is 6.20. The molecule has 28 heavy (non-hydrogen) atoms. The maximum absolute atomic E-state index is 5.94. The number of hydrogen-bond acceptors (Lipinski definition) is 3. The van der Waals surface area contributed by atoms with E-state index >= 15 is 0 Å². The molecule has 1 heterocycles. The predicted octanol–water partition coefficient (Wildman–Crippen LogP) is 7.22. The zero-order valence-corrected chi connectivity index (χ0v) is 18.3. The monoisotopic (exact) mass is 402 g/mol. The van der Waals surface area contributed by atoms with Crippen molar-refractivity contribution in [2.45, 2.75) is 83.4 Å². The van der Waals surface area contributed by atoms with Crippen LogP contribution in [0.15, 0.2) is 36.7 Å². The third-order valence-corrected chi connectivity index (χ3v) is 5.14. The SMILES string of the molecule is CCCCCCCCCCc1cnc(-c2ccc(OCCC(C)Cl)cc2)nc1. The van der Waals surface area contributed by atoms with Crippen LogP contribution >= 0.6 is 11.6 Å². The summed E-state index contributed by atoms with van der Waals surface area (Å²) in [7, 11) is 0. The Morgan fingerprint density at radius 1 is 0.893 bits per heavy atom. The number of hydrogen-bond donors (Lipinski definition) is 0. The molecule has 2 aromatic rings. The van der Waals surface area contributed by atoms with Crippen molar-refractivity contribution in [2.75, 3.05) is 6.61 Å². The fourth-order valence-corrected chi connectivity index (χ4v) is 3.22. The third-order valence-electron chi connectivity index (χ3n) is 4.92. The number of aryl methyl sites for hydroxylation is 1. The van der Waals surface area contributed by atoms with Gasteiger partial charge in [-0.15, -0.1) is 11.6 Å². The average Bonchev–Trinajstić information content (AvgIpc) is 2.71. The molecular weight excluding hydrogens is 368 g/mol. The summed E-state index contributed by atoms with van der Waals surface area (Å²) < 4.78 is 5.69. The Morgan fingerprint density at radius 2 is 1.50 bits per heavy atom. The molecule has 0 aliphatic rings. The molecule has 0 spiro atoms. The summed E-state index contributed by atoms with van der Waals surface area (Å²) in [5, 5.41) is 0.136. The van der Waals surface area contributed by atoms with Gasteiger partial charge in [-0.3, -0.25) is 0 Å². The second-order valence-corrected chi connectivity index (χ2v) is 8.33. The Bertz CT molecular complexity index is 641. The summed E-state index contributed by atoms with van der Waals surface area (Å²) in [5.41, 5.74) is 2.24. The molecule has 0 amide bonds. The molecule has 1 aromatic carbocycles. The first kappa shape index (κ1) is 22.7. The standard InChI is InChI=1S/C24H35ClN2O/c1-3-4-5-6-7-8-9-10-11-21-18-26-24(27-19-21)22-12-14-23(15-13-22)28-17-16-20(2)25/h12-15,18-20H,3-11,16-17H2,1-2H3. The minimum absolute atomic E-state index is 0.136. The molecule has 0 aliphatic heterocycles. The number of nitrogens with zero attached hydrogens (tertiary/aromatic N) is 2. The first-order chi connectivity index (χ1) is 13.7. The normalized spacial score (nSPS) is 12.1. The maximum atomic E-state index is 5.94. The molecule has 0 bridgehead atoms. The summed E-state index contributed by atoms with van der Waals surface area (Å²) in [6.07, 6.45) is 16.6. The van der Waals surface area contributed by atoms with Gasteiger partial charge in [-0.1, -0.05) is 51.9 Å². The van der Waals surface area contributed by atoms with E-state index in [-0.39, 0.29) is 5.38 Å². The number of rotatable bonds is 14. The van der Waals surface area contributed by atoms with Gasteiger partial charge in [0, 0.05) is 23.3 Å². The van der Waals surface area contributed by atoms with Crippen molar-refractivity contribution in [2.24, 2.45) is 0 Å². The molecule has 0 aliphatic carbocycles. The number of benzene rings is 1. The molecule has 0 saturated heterocycles. The Hall–Kier alpha value is -1.61. The average molecular weight is 403 g/mol. The van der Waals surface area contributed by atoms with E-state index in [9.17, 15) is 0 Å². The van der Waals surface area contributed by atoms with Crippen LogP contribution in [0.5, 0.6) is 5.75 Å². The lowest BCUT2D eigenvalue weighted by Gasteiger charge is -2.08. The van der Waals surface area contributed by atoms with Crippen molar-refractivity contribution in [3.8, 4) is 17.1 Å². The summed E-state index contributed by atoms with van der Waals surface area (Å²) >= 11 is 5.94. The van der Waals surface area contributed by atoms with Gasteiger partial charge in [0.2, 0.25) is 0 Å². The largest absolute Gasteiger partial charge is 0.494 e. The van der Waals surface area contributed by atoms with E-state index in [1.807, 2.05) is 43.6 Å². The fraction of sp³-hybridized carbons (Fsp3) is 0.583. The van der Waals surface area contributed by atoms with Crippen molar-refractivity contribution in [1.82, 2.24) is 9.97 Å². The van der Waals surface area contributed by atoms with Crippen LogP contribution in [0.3, 0.4) is 0 Å². The number of ether oxygens (including phenoxy) is 1. The van der Waals surface area contributed by atoms with Crippen molar-refractivity contribution in [3.05, 3.63) is 42.2 Å². The zero-order valence-electron chi connectivity index (χ0n) is 17.5. The predicted molar refractivity (Wildman–Crippen MR) is 119 cm³/mol. The second kappa shape index (κ2) is 13.5. The number of aromatic nitrogens is 2. The van der Waals surface area contributed by atoms with Crippen LogP contribution in [0.25, 0.3) is 11.4 Å². The molecule has 0 radical (unpaired) electrons. The highest BCUT2D eigenvalue weighted by Gasteiger charge is 2.04. The molecule has 0 saturated carbocycles. The van der Waals surface area contributed by atoms with Crippen LogP contribution in [0, 0.1) is 0 Å².